The molecule has 0 spiro atoms. The number of fused-ring (bicyclic) bond motifs is 10. The summed E-state index contributed by atoms with van der Waals surface area (Å²) in [6.07, 6.45) is 3.57. The van der Waals surface area contributed by atoms with Crippen LogP contribution >= 0.6 is 0 Å². The number of rotatable bonds is 8. The van der Waals surface area contributed by atoms with E-state index < -0.39 is 6.85 Å². The molecule has 0 amide bonds. The number of imidazole rings is 1. The number of ether oxygens (including phenoxy) is 1. The maximum absolute atomic E-state index is 9.33. The van der Waals surface area contributed by atoms with Crippen LogP contribution in [0.5, 0.6) is 11.5 Å². The molecule has 0 bridgehead atoms. The number of nitrogens with zero attached hydrogens (tertiary/aromatic N) is 7. The molecule has 0 saturated carbocycles. The van der Waals surface area contributed by atoms with E-state index in [1.807, 2.05) is 89.5 Å². The van der Waals surface area contributed by atoms with Crippen molar-refractivity contribution in [2.45, 2.75) is 13.8 Å². The van der Waals surface area contributed by atoms with Gasteiger partial charge in [0.2, 0.25) is 0 Å². The molecular weight excluding hydrogens is 919 g/mol. The molecule has 6 heterocycles. The molecule has 9 aromatic carbocycles. The minimum atomic E-state index is -2.64. The normalized spacial score (nSPS) is 13.0. The van der Waals surface area contributed by atoms with Crippen molar-refractivity contribution >= 4 is 76.5 Å². The zero-order chi connectivity index (χ0) is 54.0. The topological polar surface area (TPSA) is 58.6 Å². The molecule has 0 fully saturated rings. The quantitative estimate of drug-likeness (QED) is 0.113. The fourth-order valence-electron chi connectivity index (χ4n) is 11.1. The third-order valence-electron chi connectivity index (χ3n) is 14.5. The molecule has 0 radical (unpaired) electrons. The van der Waals surface area contributed by atoms with Crippen LogP contribution in [-0.4, -0.2) is 28.2 Å². The number of para-hydroxylation sites is 6. The molecule has 0 saturated heterocycles. The molecule has 6 aromatic heterocycles. The van der Waals surface area contributed by atoms with Crippen molar-refractivity contribution in [3.8, 4) is 51.5 Å². The maximum Gasteiger partial charge on any atom is 0.269 e. The van der Waals surface area contributed by atoms with Crippen molar-refractivity contribution in [2.75, 3.05) is 0 Å². The van der Waals surface area contributed by atoms with E-state index in [1.165, 1.54) is 6.92 Å². The van der Waals surface area contributed by atoms with Gasteiger partial charge in [0.05, 0.1) is 58.2 Å². The predicted octanol–water partition coefficient (Wildman–Crippen LogP) is 15.9. The highest BCUT2D eigenvalue weighted by Gasteiger charge is 2.22. The molecule has 15 rings (SSSR count). The first-order valence-corrected chi connectivity index (χ1v) is 24.9. The summed E-state index contributed by atoms with van der Waals surface area (Å²) in [6.45, 7) is -1.10. The van der Waals surface area contributed by atoms with Gasteiger partial charge in [-0.2, -0.15) is 0 Å². The minimum absolute atomic E-state index is 0.0558. The first-order chi connectivity index (χ1) is 39.1. The lowest BCUT2D eigenvalue weighted by Crippen LogP contribution is -2.30. The van der Waals surface area contributed by atoms with Crippen LogP contribution in [0.1, 0.15) is 18.0 Å². The summed E-state index contributed by atoms with van der Waals surface area (Å²) >= 11 is 0. The Balaban J connectivity index is 0.881. The van der Waals surface area contributed by atoms with Gasteiger partial charge in [-0.25, -0.2) is 9.97 Å². The zero-order valence-corrected chi connectivity index (χ0v) is 40.4. The van der Waals surface area contributed by atoms with Gasteiger partial charge in [-0.15, -0.1) is 0 Å². The van der Waals surface area contributed by atoms with Crippen molar-refractivity contribution in [1.82, 2.24) is 28.2 Å². The van der Waals surface area contributed by atoms with Crippen LogP contribution in [0.4, 0.5) is 0 Å². The Hall–Kier alpha value is -10.1. The molecule has 8 nitrogen and oxygen atoms in total. The summed E-state index contributed by atoms with van der Waals surface area (Å²) in [5.41, 5.74) is 11.1. The van der Waals surface area contributed by atoms with Gasteiger partial charge in [-0.1, -0.05) is 140 Å². The summed E-state index contributed by atoms with van der Waals surface area (Å²) in [7, 11) is 0. The van der Waals surface area contributed by atoms with Gasteiger partial charge in [0.1, 0.15) is 29.0 Å². The van der Waals surface area contributed by atoms with Crippen molar-refractivity contribution in [1.29, 1.82) is 0 Å². The Morgan fingerprint density at radius 1 is 0.453 bits per heavy atom. The smallest absolute Gasteiger partial charge is 0.269 e. The summed E-state index contributed by atoms with van der Waals surface area (Å²) in [5.74, 6) is 2.64. The minimum Gasteiger partial charge on any atom is -0.458 e. The Morgan fingerprint density at radius 2 is 1.01 bits per heavy atom. The fraction of sp³-hybridized carbons (Fsp3) is 0.0299. The molecule has 0 aliphatic heterocycles. The number of aromatic nitrogens is 7. The molecule has 0 N–H and O–H groups in total. The summed E-state index contributed by atoms with van der Waals surface area (Å²) in [6, 6.07) is 76.1. The van der Waals surface area contributed by atoms with Crippen molar-refractivity contribution in [3.63, 3.8) is 0 Å². The van der Waals surface area contributed by atoms with E-state index >= 15 is 0 Å². The number of hydrogen-bond donors (Lipinski definition) is 0. The van der Waals surface area contributed by atoms with Crippen LogP contribution in [0.25, 0.3) is 116 Å². The average molecular weight is 969 g/mol. The number of hydrogen-bond acceptors (Lipinski definition) is 3. The van der Waals surface area contributed by atoms with Gasteiger partial charge in [0.15, 0.2) is 0 Å². The van der Waals surface area contributed by atoms with E-state index in [0.29, 0.717) is 22.5 Å². The second-order valence-electron chi connectivity index (χ2n) is 18.9. The lowest BCUT2D eigenvalue weighted by atomic mass is 10.0. The van der Waals surface area contributed by atoms with Gasteiger partial charge in [-0.05, 0) is 121 Å². The SMILES string of the molecule is [2H]c1nc(-n2c3ccc(-c4ccccc4)cc3c3ccc(Oc4cccc(-n5[c-][n+](-c6cc(-n7c8ccccc8c8ccccc87)nc(-n7c8ccccc8c8ccccc87)c6)c6ccccc65)c4)cc32)c([2H])c(C([2H])([2H])[2H])c1C. The highest BCUT2D eigenvalue weighted by molar-refractivity contribution is 6.12. The standard InChI is InChI=1S/C67H45N7O/c1-43-35-65(68-41-44(43)2)74-61-34-31-46(45-17-4-3-5-18-45)36-56(61)55-33-32-50(40-64(55)74)75-49-20-16-19-47(37-49)70-42-71(63-30-15-14-29-62(63)70)48-38-66(72-57-25-10-6-21-51(57)52-22-7-11-26-58(52)72)69-67(39-48)73-59-27-12-8-23-53(59)54-24-9-13-28-60(54)73/h3-41H,1-2H3/i1D3,35D,41D. The average Bonchev–Trinajstić information content (AvgIpc) is 4.34. The predicted molar refractivity (Wildman–Crippen MR) is 304 cm³/mol. The maximum atomic E-state index is 9.33. The number of pyridine rings is 2. The highest BCUT2D eigenvalue weighted by Crippen LogP contribution is 2.39. The Kier molecular flexibility index (Phi) is 8.42. The van der Waals surface area contributed by atoms with Crippen molar-refractivity contribution in [2.24, 2.45) is 0 Å². The molecular formula is C67H45N7O. The van der Waals surface area contributed by atoms with Crippen LogP contribution in [0.2, 0.25) is 0 Å². The van der Waals surface area contributed by atoms with E-state index in [-0.39, 0.29) is 29.2 Å². The molecule has 354 valence electrons. The van der Waals surface area contributed by atoms with E-state index in [2.05, 4.69) is 165 Å². The second-order valence-corrected chi connectivity index (χ2v) is 18.9. The molecule has 0 unspecified atom stereocenters. The second kappa shape index (κ2) is 16.8. The van der Waals surface area contributed by atoms with Gasteiger partial charge in [-0.3, -0.25) is 22.8 Å². The zero-order valence-electron chi connectivity index (χ0n) is 45.4. The van der Waals surface area contributed by atoms with Crippen molar-refractivity contribution in [3.05, 3.63) is 254 Å². The van der Waals surface area contributed by atoms with Crippen LogP contribution in [0, 0.1) is 20.1 Å². The van der Waals surface area contributed by atoms with E-state index in [1.54, 1.807) is 4.57 Å². The first-order valence-electron chi connectivity index (χ1n) is 27.4. The first kappa shape index (κ1) is 37.7. The van der Waals surface area contributed by atoms with Gasteiger partial charge in [0, 0.05) is 48.7 Å². The van der Waals surface area contributed by atoms with Crippen LogP contribution < -0.4 is 9.30 Å². The van der Waals surface area contributed by atoms with Gasteiger partial charge >= 0.3 is 0 Å². The largest absolute Gasteiger partial charge is 0.458 e. The van der Waals surface area contributed by atoms with E-state index in [9.17, 15) is 1.37 Å². The number of benzene rings is 9. The lowest BCUT2D eigenvalue weighted by molar-refractivity contribution is -0.572. The van der Waals surface area contributed by atoms with Crippen LogP contribution in [-0.2, 0) is 0 Å². The monoisotopic (exact) mass is 968 g/mol. The summed E-state index contributed by atoms with van der Waals surface area (Å²) in [4.78, 5) is 10.2. The molecule has 0 aliphatic carbocycles. The van der Waals surface area contributed by atoms with Crippen molar-refractivity contribution < 1.29 is 16.2 Å². The van der Waals surface area contributed by atoms with Crippen LogP contribution in [0.15, 0.2) is 237 Å². The molecule has 8 heteroatoms. The van der Waals surface area contributed by atoms with E-state index in [0.717, 1.165) is 99.6 Å². The van der Waals surface area contributed by atoms with Crippen LogP contribution in [0.3, 0.4) is 0 Å². The van der Waals surface area contributed by atoms with Gasteiger partial charge < -0.3 is 4.74 Å². The summed E-state index contributed by atoms with van der Waals surface area (Å²) in [5, 5.41) is 6.29. The molecule has 75 heavy (non-hydrogen) atoms. The highest BCUT2D eigenvalue weighted by atomic mass is 16.5. The summed E-state index contributed by atoms with van der Waals surface area (Å²) < 4.78 is 60.5. The third-order valence-corrected chi connectivity index (χ3v) is 14.5. The van der Waals surface area contributed by atoms with E-state index in [4.69, 9.17) is 15.2 Å². The lowest BCUT2D eigenvalue weighted by Gasteiger charge is -2.15. The Labute approximate surface area is 438 Å². The fourth-order valence-corrected chi connectivity index (χ4v) is 11.1. The molecule has 0 aliphatic rings. The Bertz CT molecular complexity index is 4790. The Morgan fingerprint density at radius 3 is 1.67 bits per heavy atom. The third kappa shape index (κ3) is 6.80. The molecule has 0 atom stereocenters. The van der Waals surface area contributed by atoms with Gasteiger partial charge in [0.25, 0.3) is 6.33 Å². The molecule has 15 aromatic rings.